The Hall–Kier alpha value is -5.07. The molecule has 0 fully saturated rings. The average Bonchev–Trinajstić information content (AvgIpc) is 3.57. The fourth-order valence-electron chi connectivity index (χ4n) is 5.85. The maximum atomic E-state index is 14.6. The summed E-state index contributed by atoms with van der Waals surface area (Å²) in [6, 6.07) is 36.9. The number of rotatable bonds is 4. The van der Waals surface area contributed by atoms with E-state index in [9.17, 15) is 13.2 Å². The lowest BCUT2D eigenvalue weighted by Gasteiger charge is -2.26. The number of furan rings is 1. The van der Waals surface area contributed by atoms with Crippen LogP contribution in [0.1, 0.15) is 0 Å². The van der Waals surface area contributed by atoms with Gasteiger partial charge in [-0.3, -0.25) is 0 Å². The first kappa shape index (κ1) is 24.7. The Morgan fingerprint density at radius 2 is 1.26 bits per heavy atom. The molecule has 8 rings (SSSR count). The number of fused-ring (bicyclic) bond motifs is 7. The molecule has 0 radical (unpaired) electrons. The molecule has 0 bridgehead atoms. The summed E-state index contributed by atoms with van der Waals surface area (Å²) in [7, 11) is 0. The number of thiophene rings is 1. The molecule has 0 saturated carbocycles. The standard InChI is InChI=1S/C36H20F3NOS/c37-22-19-27(38)33(28(39)20-22)21-13-15-24(16-14-21)40(23-7-2-1-3-8-23)29-10-6-12-31-34(29)35-32(42-31)18-17-26-25-9-4-5-11-30(25)41-36(26)35/h1-20H. The SMILES string of the molecule is Fc1cc(F)c(-c2ccc(N(c3ccccc3)c3cccc4sc5ccc6c7ccccc7oc6c5c34)cc2)c(F)c1. The van der Waals surface area contributed by atoms with Crippen molar-refractivity contribution in [3.05, 3.63) is 139 Å². The molecule has 2 heterocycles. The number of halogens is 3. The van der Waals surface area contributed by atoms with Crippen LogP contribution >= 0.6 is 11.3 Å². The topological polar surface area (TPSA) is 16.4 Å². The van der Waals surface area contributed by atoms with Crippen molar-refractivity contribution >= 4 is 70.5 Å². The first-order chi connectivity index (χ1) is 20.6. The Kier molecular flexibility index (Phi) is 5.59. The van der Waals surface area contributed by atoms with Gasteiger partial charge in [-0.25, -0.2) is 13.2 Å². The summed E-state index contributed by atoms with van der Waals surface area (Å²) in [6.07, 6.45) is 0. The molecule has 0 N–H and O–H groups in total. The fourth-order valence-corrected chi connectivity index (χ4v) is 6.98. The summed E-state index contributed by atoms with van der Waals surface area (Å²) in [5.74, 6) is -2.83. The van der Waals surface area contributed by atoms with E-state index in [1.54, 1.807) is 23.5 Å². The van der Waals surface area contributed by atoms with Crippen molar-refractivity contribution in [3.8, 4) is 11.1 Å². The smallest absolute Gasteiger partial charge is 0.144 e. The van der Waals surface area contributed by atoms with Gasteiger partial charge in [0, 0.05) is 54.5 Å². The molecular formula is C36H20F3NOS. The molecular weight excluding hydrogens is 551 g/mol. The van der Waals surface area contributed by atoms with E-state index in [0.29, 0.717) is 17.7 Å². The van der Waals surface area contributed by atoms with Crippen molar-refractivity contribution in [3.63, 3.8) is 0 Å². The van der Waals surface area contributed by atoms with E-state index in [-0.39, 0.29) is 5.56 Å². The zero-order chi connectivity index (χ0) is 28.4. The molecule has 0 spiro atoms. The van der Waals surface area contributed by atoms with E-state index < -0.39 is 17.5 Å². The number of anilines is 3. The van der Waals surface area contributed by atoms with Gasteiger partial charge in [0.1, 0.15) is 28.6 Å². The van der Waals surface area contributed by atoms with E-state index in [0.717, 1.165) is 59.2 Å². The summed E-state index contributed by atoms with van der Waals surface area (Å²) in [6.45, 7) is 0. The highest BCUT2D eigenvalue weighted by molar-refractivity contribution is 7.26. The van der Waals surface area contributed by atoms with E-state index in [1.165, 1.54) is 0 Å². The van der Waals surface area contributed by atoms with Crippen LogP contribution in [0, 0.1) is 17.5 Å². The lowest BCUT2D eigenvalue weighted by molar-refractivity contribution is 0.548. The molecule has 6 aromatic carbocycles. The molecule has 42 heavy (non-hydrogen) atoms. The molecule has 2 nitrogen and oxygen atoms in total. The molecule has 0 unspecified atom stereocenters. The average molecular weight is 572 g/mol. The van der Waals surface area contributed by atoms with Gasteiger partial charge in [0.2, 0.25) is 0 Å². The second-order valence-electron chi connectivity index (χ2n) is 10.1. The van der Waals surface area contributed by atoms with Gasteiger partial charge < -0.3 is 9.32 Å². The normalized spacial score (nSPS) is 11.7. The number of para-hydroxylation sites is 2. The van der Waals surface area contributed by atoms with Crippen LogP contribution in [0.5, 0.6) is 0 Å². The van der Waals surface area contributed by atoms with Crippen molar-refractivity contribution in [2.24, 2.45) is 0 Å². The van der Waals surface area contributed by atoms with E-state index >= 15 is 0 Å². The van der Waals surface area contributed by atoms with Crippen molar-refractivity contribution in [2.45, 2.75) is 0 Å². The lowest BCUT2D eigenvalue weighted by Crippen LogP contribution is -2.10. The van der Waals surface area contributed by atoms with Gasteiger partial charge in [-0.2, -0.15) is 0 Å². The van der Waals surface area contributed by atoms with Gasteiger partial charge in [0.15, 0.2) is 0 Å². The Labute approximate surface area is 242 Å². The van der Waals surface area contributed by atoms with Crippen LogP contribution in [-0.2, 0) is 0 Å². The number of benzene rings is 6. The minimum atomic E-state index is -0.949. The third kappa shape index (κ3) is 3.80. The van der Waals surface area contributed by atoms with Crippen LogP contribution in [0.15, 0.2) is 126 Å². The zero-order valence-electron chi connectivity index (χ0n) is 21.9. The van der Waals surface area contributed by atoms with Crippen LogP contribution in [0.2, 0.25) is 0 Å². The van der Waals surface area contributed by atoms with Gasteiger partial charge in [-0.1, -0.05) is 54.6 Å². The summed E-state index contributed by atoms with van der Waals surface area (Å²) in [4.78, 5) is 2.14. The summed E-state index contributed by atoms with van der Waals surface area (Å²) >= 11 is 1.71. The van der Waals surface area contributed by atoms with Crippen molar-refractivity contribution in [2.75, 3.05) is 4.90 Å². The molecule has 0 aliphatic carbocycles. The molecule has 0 saturated heterocycles. The van der Waals surface area contributed by atoms with Gasteiger partial charge in [-0.15, -0.1) is 11.3 Å². The lowest BCUT2D eigenvalue weighted by atomic mass is 10.0. The Morgan fingerprint density at radius 3 is 2.05 bits per heavy atom. The number of nitrogens with zero attached hydrogens (tertiary/aromatic N) is 1. The van der Waals surface area contributed by atoms with Crippen LogP contribution < -0.4 is 4.90 Å². The van der Waals surface area contributed by atoms with E-state index in [1.807, 2.05) is 66.7 Å². The Morgan fingerprint density at radius 1 is 0.571 bits per heavy atom. The van der Waals surface area contributed by atoms with E-state index in [4.69, 9.17) is 4.42 Å². The summed E-state index contributed by atoms with van der Waals surface area (Å²) in [5.41, 5.74) is 4.43. The minimum Gasteiger partial charge on any atom is -0.455 e. The van der Waals surface area contributed by atoms with Crippen molar-refractivity contribution in [1.82, 2.24) is 0 Å². The van der Waals surface area contributed by atoms with E-state index in [2.05, 4.69) is 35.2 Å². The number of hydrogen-bond acceptors (Lipinski definition) is 3. The predicted molar refractivity (Wildman–Crippen MR) is 167 cm³/mol. The highest BCUT2D eigenvalue weighted by atomic mass is 32.1. The highest BCUT2D eigenvalue weighted by Crippen LogP contribution is 2.48. The molecule has 0 aliphatic rings. The first-order valence-electron chi connectivity index (χ1n) is 13.4. The number of hydrogen-bond donors (Lipinski definition) is 0. The monoisotopic (exact) mass is 571 g/mol. The van der Waals surface area contributed by atoms with Crippen molar-refractivity contribution < 1.29 is 17.6 Å². The van der Waals surface area contributed by atoms with Crippen LogP contribution in [0.4, 0.5) is 30.2 Å². The second kappa shape index (κ2) is 9.50. The van der Waals surface area contributed by atoms with Crippen LogP contribution in [0.3, 0.4) is 0 Å². The van der Waals surface area contributed by atoms with Crippen molar-refractivity contribution in [1.29, 1.82) is 0 Å². The molecule has 0 aliphatic heterocycles. The van der Waals surface area contributed by atoms with Gasteiger partial charge in [0.25, 0.3) is 0 Å². The molecule has 8 aromatic rings. The highest BCUT2D eigenvalue weighted by Gasteiger charge is 2.22. The predicted octanol–water partition coefficient (Wildman–Crippen LogP) is 11.5. The Balaban J connectivity index is 1.38. The van der Waals surface area contributed by atoms with Crippen LogP contribution in [0.25, 0.3) is 53.2 Å². The quantitative estimate of drug-likeness (QED) is 0.209. The molecule has 0 atom stereocenters. The van der Waals surface area contributed by atoms with Gasteiger partial charge >= 0.3 is 0 Å². The second-order valence-corrected chi connectivity index (χ2v) is 11.2. The van der Waals surface area contributed by atoms with Crippen LogP contribution in [-0.4, -0.2) is 0 Å². The summed E-state index contributed by atoms with van der Waals surface area (Å²) in [5, 5.41) is 4.24. The third-order valence-corrected chi connectivity index (χ3v) is 8.78. The minimum absolute atomic E-state index is 0.257. The molecule has 2 aromatic heterocycles. The molecule has 6 heteroatoms. The summed E-state index contributed by atoms with van der Waals surface area (Å²) < 4.78 is 51.4. The van der Waals surface area contributed by atoms with Gasteiger partial charge in [-0.05, 0) is 60.2 Å². The Bertz CT molecular complexity index is 2260. The largest absolute Gasteiger partial charge is 0.455 e. The maximum Gasteiger partial charge on any atom is 0.144 e. The third-order valence-electron chi connectivity index (χ3n) is 7.66. The molecule has 202 valence electrons. The maximum absolute atomic E-state index is 14.6. The van der Waals surface area contributed by atoms with Gasteiger partial charge in [0.05, 0.1) is 11.3 Å². The zero-order valence-corrected chi connectivity index (χ0v) is 22.8. The fraction of sp³-hybridized carbons (Fsp3) is 0. The first-order valence-corrected chi connectivity index (χ1v) is 14.2. The molecule has 0 amide bonds.